The lowest BCUT2D eigenvalue weighted by molar-refractivity contribution is 0.481. The van der Waals surface area contributed by atoms with E-state index >= 15 is 0 Å². The molecule has 0 fully saturated rings. The minimum absolute atomic E-state index is 0.143. The second-order valence-electron chi connectivity index (χ2n) is 8.42. The zero-order valence-electron chi connectivity index (χ0n) is 19.7. The molecule has 8 heteroatoms. The molecule has 0 saturated heterocycles. The second kappa shape index (κ2) is 9.79. The van der Waals surface area contributed by atoms with E-state index in [1.807, 2.05) is 91.1 Å². The first-order valence-electron chi connectivity index (χ1n) is 11.8. The standard InChI is InChI=1S/C29H22N6O2/c36-27-15-10-22-19-30-29(32-23-11-13-24(14-12-23)35-17-5-16-31-35)33-28(22)34(27)20-21-6-4-9-26(18-21)37-25-7-2-1-3-8-25/h1-19H,20H2,(H,30,32,33). The van der Waals surface area contributed by atoms with Gasteiger partial charge in [0.1, 0.15) is 17.1 Å². The summed E-state index contributed by atoms with van der Waals surface area (Å²) in [7, 11) is 0. The molecule has 3 aromatic carbocycles. The van der Waals surface area contributed by atoms with E-state index in [4.69, 9.17) is 4.74 Å². The van der Waals surface area contributed by atoms with Crippen molar-refractivity contribution in [3.8, 4) is 17.2 Å². The van der Waals surface area contributed by atoms with Crippen LogP contribution in [0.1, 0.15) is 5.56 Å². The molecule has 6 rings (SSSR count). The molecule has 0 atom stereocenters. The molecular weight excluding hydrogens is 464 g/mol. The molecule has 0 saturated carbocycles. The first-order chi connectivity index (χ1) is 18.2. The molecule has 8 nitrogen and oxygen atoms in total. The summed E-state index contributed by atoms with van der Waals surface area (Å²) < 4.78 is 9.39. The van der Waals surface area contributed by atoms with Crippen molar-refractivity contribution >= 4 is 22.7 Å². The predicted octanol–water partition coefficient (Wildman–Crippen LogP) is 5.56. The van der Waals surface area contributed by atoms with E-state index < -0.39 is 0 Å². The second-order valence-corrected chi connectivity index (χ2v) is 8.42. The van der Waals surface area contributed by atoms with Crippen LogP contribution in [0.2, 0.25) is 0 Å². The summed E-state index contributed by atoms with van der Waals surface area (Å²) in [5.74, 6) is 1.86. The van der Waals surface area contributed by atoms with Gasteiger partial charge in [0.2, 0.25) is 5.95 Å². The number of nitrogens with zero attached hydrogens (tertiary/aromatic N) is 5. The van der Waals surface area contributed by atoms with Crippen LogP contribution in [0.25, 0.3) is 16.7 Å². The van der Waals surface area contributed by atoms with Gasteiger partial charge >= 0.3 is 0 Å². The van der Waals surface area contributed by atoms with Crippen LogP contribution < -0.4 is 15.6 Å². The summed E-state index contributed by atoms with van der Waals surface area (Å²) >= 11 is 0. The molecule has 6 aromatic rings. The Morgan fingerprint density at radius 2 is 1.68 bits per heavy atom. The fraction of sp³-hybridized carbons (Fsp3) is 0.0345. The number of rotatable bonds is 7. The third-order valence-electron chi connectivity index (χ3n) is 5.83. The summed E-state index contributed by atoms with van der Waals surface area (Å²) in [4.78, 5) is 22.0. The SMILES string of the molecule is O=c1ccc2cnc(Nc3ccc(-n4cccn4)cc3)nc2n1Cc1cccc(Oc2ccccc2)c1. The van der Waals surface area contributed by atoms with Crippen LogP contribution in [-0.2, 0) is 6.54 Å². The maximum atomic E-state index is 12.9. The molecule has 0 aliphatic heterocycles. The van der Waals surface area contributed by atoms with E-state index in [-0.39, 0.29) is 5.56 Å². The van der Waals surface area contributed by atoms with Gasteiger partial charge in [0.15, 0.2) is 0 Å². The Balaban J connectivity index is 1.27. The molecule has 0 aliphatic carbocycles. The van der Waals surface area contributed by atoms with E-state index in [1.54, 1.807) is 27.7 Å². The lowest BCUT2D eigenvalue weighted by Crippen LogP contribution is -2.21. The van der Waals surface area contributed by atoms with Crippen molar-refractivity contribution in [3.63, 3.8) is 0 Å². The van der Waals surface area contributed by atoms with Crippen molar-refractivity contribution in [1.82, 2.24) is 24.3 Å². The number of hydrogen-bond donors (Lipinski definition) is 1. The van der Waals surface area contributed by atoms with E-state index in [0.29, 0.717) is 23.9 Å². The monoisotopic (exact) mass is 486 g/mol. The minimum Gasteiger partial charge on any atom is -0.457 e. The maximum absolute atomic E-state index is 12.9. The highest BCUT2D eigenvalue weighted by atomic mass is 16.5. The summed E-state index contributed by atoms with van der Waals surface area (Å²) in [6, 6.07) is 30.2. The number of aromatic nitrogens is 5. The molecular formula is C29H22N6O2. The number of hydrogen-bond acceptors (Lipinski definition) is 6. The Kier molecular flexibility index (Phi) is 5.88. The molecule has 180 valence electrons. The normalized spacial score (nSPS) is 10.9. The van der Waals surface area contributed by atoms with Gasteiger partial charge in [-0.05, 0) is 66.2 Å². The van der Waals surface area contributed by atoms with E-state index in [0.717, 1.165) is 28.1 Å². The van der Waals surface area contributed by atoms with Crippen LogP contribution in [0.5, 0.6) is 11.5 Å². The summed E-state index contributed by atoms with van der Waals surface area (Å²) in [5.41, 5.74) is 3.10. The smallest absolute Gasteiger partial charge is 0.252 e. The number of benzene rings is 3. The zero-order valence-corrected chi connectivity index (χ0v) is 19.7. The molecule has 0 radical (unpaired) electrons. The Hall–Kier alpha value is -5.24. The largest absolute Gasteiger partial charge is 0.457 e. The van der Waals surface area contributed by atoms with Crippen molar-refractivity contribution in [2.75, 3.05) is 5.32 Å². The molecule has 3 heterocycles. The predicted molar refractivity (Wildman–Crippen MR) is 143 cm³/mol. The molecule has 0 aliphatic rings. The van der Waals surface area contributed by atoms with Crippen molar-refractivity contribution in [1.29, 1.82) is 0 Å². The first kappa shape index (κ1) is 22.2. The molecule has 0 spiro atoms. The Morgan fingerprint density at radius 3 is 2.49 bits per heavy atom. The van der Waals surface area contributed by atoms with Crippen LogP contribution >= 0.6 is 0 Å². The van der Waals surface area contributed by atoms with E-state index in [1.165, 1.54) is 6.07 Å². The maximum Gasteiger partial charge on any atom is 0.252 e. The molecule has 1 N–H and O–H groups in total. The van der Waals surface area contributed by atoms with Crippen LogP contribution in [0.3, 0.4) is 0 Å². The van der Waals surface area contributed by atoms with E-state index in [2.05, 4.69) is 20.4 Å². The fourth-order valence-corrected chi connectivity index (χ4v) is 4.05. The molecule has 0 bridgehead atoms. The summed E-state index contributed by atoms with van der Waals surface area (Å²) in [6.07, 6.45) is 5.34. The molecule has 0 unspecified atom stereocenters. The highest BCUT2D eigenvalue weighted by Gasteiger charge is 2.09. The number of anilines is 2. The number of fused-ring (bicyclic) bond motifs is 1. The number of ether oxygens (including phenoxy) is 1. The topological polar surface area (TPSA) is 86.9 Å². The van der Waals surface area contributed by atoms with Crippen LogP contribution in [0.4, 0.5) is 11.6 Å². The van der Waals surface area contributed by atoms with Gasteiger partial charge in [-0.3, -0.25) is 9.36 Å². The van der Waals surface area contributed by atoms with Crippen molar-refractivity contribution in [2.24, 2.45) is 0 Å². The zero-order chi connectivity index (χ0) is 25.0. The fourth-order valence-electron chi connectivity index (χ4n) is 4.05. The summed E-state index contributed by atoms with van der Waals surface area (Å²) in [5, 5.41) is 8.25. The van der Waals surface area contributed by atoms with Crippen molar-refractivity contribution < 1.29 is 4.74 Å². The number of para-hydroxylation sites is 1. The third-order valence-corrected chi connectivity index (χ3v) is 5.83. The highest BCUT2D eigenvalue weighted by molar-refractivity contribution is 5.75. The van der Waals surface area contributed by atoms with Gasteiger partial charge in [-0.1, -0.05) is 30.3 Å². The average molecular weight is 487 g/mol. The minimum atomic E-state index is -0.143. The van der Waals surface area contributed by atoms with Gasteiger partial charge in [-0.15, -0.1) is 0 Å². The average Bonchev–Trinajstić information content (AvgIpc) is 3.47. The number of pyridine rings is 1. The van der Waals surface area contributed by atoms with Crippen LogP contribution in [0, 0.1) is 0 Å². The van der Waals surface area contributed by atoms with Gasteiger partial charge in [-0.2, -0.15) is 10.1 Å². The first-order valence-corrected chi connectivity index (χ1v) is 11.8. The Labute approximate surface area is 212 Å². The molecule has 0 amide bonds. The lowest BCUT2D eigenvalue weighted by atomic mass is 10.2. The van der Waals surface area contributed by atoms with Gasteiger partial charge in [-0.25, -0.2) is 9.67 Å². The van der Waals surface area contributed by atoms with E-state index in [9.17, 15) is 4.79 Å². The third kappa shape index (κ3) is 4.94. The van der Waals surface area contributed by atoms with Gasteiger partial charge < -0.3 is 10.1 Å². The van der Waals surface area contributed by atoms with Crippen LogP contribution in [-0.4, -0.2) is 24.3 Å². The molecule has 3 aromatic heterocycles. The summed E-state index contributed by atoms with van der Waals surface area (Å²) in [6.45, 7) is 0.344. The molecule has 37 heavy (non-hydrogen) atoms. The Morgan fingerprint density at radius 1 is 0.838 bits per heavy atom. The Bertz CT molecular complexity index is 1710. The lowest BCUT2D eigenvalue weighted by Gasteiger charge is -2.12. The van der Waals surface area contributed by atoms with Crippen LogP contribution in [0.15, 0.2) is 120 Å². The quantitative estimate of drug-likeness (QED) is 0.318. The van der Waals surface area contributed by atoms with Crippen molar-refractivity contribution in [3.05, 3.63) is 132 Å². The van der Waals surface area contributed by atoms with Gasteiger partial charge in [0.25, 0.3) is 5.56 Å². The van der Waals surface area contributed by atoms with Crippen molar-refractivity contribution in [2.45, 2.75) is 6.54 Å². The van der Waals surface area contributed by atoms with Gasteiger partial charge in [0, 0.05) is 35.7 Å². The van der Waals surface area contributed by atoms with Gasteiger partial charge in [0.05, 0.1) is 12.2 Å². The highest BCUT2D eigenvalue weighted by Crippen LogP contribution is 2.23. The number of nitrogens with one attached hydrogen (secondary N) is 1.